The number of hydrogen-bond acceptors (Lipinski definition) is 3. The number of amides is 1. The van der Waals surface area contributed by atoms with E-state index in [0.29, 0.717) is 11.5 Å². The molecule has 0 unspecified atom stereocenters. The van der Waals surface area contributed by atoms with Crippen molar-refractivity contribution in [2.45, 2.75) is 6.54 Å². The van der Waals surface area contributed by atoms with E-state index in [0.717, 1.165) is 5.56 Å². The fourth-order valence-electron chi connectivity index (χ4n) is 1.95. The molecule has 0 spiro atoms. The first kappa shape index (κ1) is 16.1. The van der Waals surface area contributed by atoms with E-state index >= 15 is 0 Å². The fraction of sp³-hybridized carbons (Fsp3) is 0.188. The lowest BCUT2D eigenvalue weighted by molar-refractivity contribution is 0.0947. The number of benzene rings is 2. The molecule has 2 aromatic rings. The van der Waals surface area contributed by atoms with Gasteiger partial charge in [-0.25, -0.2) is 4.39 Å². The Morgan fingerprint density at radius 1 is 1.18 bits per heavy atom. The third-order valence-corrected chi connectivity index (χ3v) is 3.37. The highest BCUT2D eigenvalue weighted by Gasteiger charge is 2.15. The molecule has 0 atom stereocenters. The van der Waals surface area contributed by atoms with Crippen LogP contribution in [0.3, 0.4) is 0 Å². The minimum atomic E-state index is -0.659. The summed E-state index contributed by atoms with van der Waals surface area (Å²) in [7, 11) is 3.08. The van der Waals surface area contributed by atoms with E-state index in [9.17, 15) is 9.18 Å². The number of hydrogen-bond donors (Lipinski definition) is 1. The molecule has 4 nitrogen and oxygen atoms in total. The van der Waals surface area contributed by atoms with Crippen LogP contribution >= 0.6 is 11.6 Å². The van der Waals surface area contributed by atoms with Gasteiger partial charge in [0.2, 0.25) is 0 Å². The quantitative estimate of drug-likeness (QED) is 0.917. The van der Waals surface area contributed by atoms with Gasteiger partial charge in [0.15, 0.2) is 0 Å². The molecule has 0 saturated carbocycles. The van der Waals surface area contributed by atoms with Crippen LogP contribution in [-0.2, 0) is 6.54 Å². The molecule has 0 saturated heterocycles. The molecule has 2 rings (SSSR count). The summed E-state index contributed by atoms with van der Waals surface area (Å²) in [5.74, 6) is -0.0295. The largest absolute Gasteiger partial charge is 0.497 e. The van der Waals surface area contributed by atoms with Crippen molar-refractivity contribution >= 4 is 17.5 Å². The van der Waals surface area contributed by atoms with Gasteiger partial charge in [-0.2, -0.15) is 0 Å². The van der Waals surface area contributed by atoms with Crippen LogP contribution in [0.1, 0.15) is 15.9 Å². The average molecular weight is 324 g/mol. The second-order valence-corrected chi connectivity index (χ2v) is 4.91. The molecule has 0 heterocycles. The highest BCUT2D eigenvalue weighted by molar-refractivity contribution is 6.33. The number of rotatable bonds is 5. The summed E-state index contributed by atoms with van der Waals surface area (Å²) in [6.45, 7) is 0.192. The third kappa shape index (κ3) is 3.68. The van der Waals surface area contributed by atoms with Gasteiger partial charge in [0.1, 0.15) is 17.3 Å². The summed E-state index contributed by atoms with van der Waals surface area (Å²) >= 11 is 5.86. The minimum Gasteiger partial charge on any atom is -0.497 e. The number of ether oxygens (including phenoxy) is 2. The maximum Gasteiger partial charge on any atom is 0.256 e. The van der Waals surface area contributed by atoms with Crippen molar-refractivity contribution in [3.05, 3.63) is 58.4 Å². The summed E-state index contributed by atoms with van der Waals surface area (Å²) in [6.07, 6.45) is 0. The molecule has 22 heavy (non-hydrogen) atoms. The monoisotopic (exact) mass is 323 g/mol. The Hall–Kier alpha value is -2.27. The van der Waals surface area contributed by atoms with Gasteiger partial charge in [0.05, 0.1) is 24.8 Å². The maximum absolute atomic E-state index is 13.7. The third-order valence-electron chi connectivity index (χ3n) is 3.05. The Labute approximate surface area is 132 Å². The first-order chi connectivity index (χ1) is 10.5. The lowest BCUT2D eigenvalue weighted by Crippen LogP contribution is -2.24. The summed E-state index contributed by atoms with van der Waals surface area (Å²) in [5.41, 5.74) is 0.594. The SMILES string of the molecule is COc1cc(CNC(=O)c2c(F)cccc2Cl)cc(OC)c1. The molecule has 0 fully saturated rings. The van der Waals surface area contributed by atoms with Crippen molar-refractivity contribution < 1.29 is 18.7 Å². The smallest absolute Gasteiger partial charge is 0.256 e. The molecule has 0 radical (unpaired) electrons. The van der Waals surface area contributed by atoms with Crippen molar-refractivity contribution in [1.82, 2.24) is 5.32 Å². The van der Waals surface area contributed by atoms with Gasteiger partial charge in [-0.05, 0) is 29.8 Å². The first-order valence-corrected chi connectivity index (χ1v) is 6.87. The molecule has 6 heteroatoms. The molecule has 1 amide bonds. The predicted molar refractivity (Wildman–Crippen MR) is 82.1 cm³/mol. The Balaban J connectivity index is 2.14. The van der Waals surface area contributed by atoms with E-state index in [2.05, 4.69) is 5.32 Å². The topological polar surface area (TPSA) is 47.6 Å². The standard InChI is InChI=1S/C16H15ClFNO3/c1-21-11-6-10(7-12(8-11)22-2)9-19-16(20)15-13(17)4-3-5-14(15)18/h3-8H,9H2,1-2H3,(H,19,20). The maximum atomic E-state index is 13.7. The van der Waals surface area contributed by atoms with Crippen molar-refractivity contribution in [1.29, 1.82) is 0 Å². The van der Waals surface area contributed by atoms with E-state index in [1.807, 2.05) is 0 Å². The minimum absolute atomic E-state index is 0.0701. The number of methoxy groups -OCH3 is 2. The van der Waals surface area contributed by atoms with Crippen LogP contribution in [0.5, 0.6) is 11.5 Å². The normalized spacial score (nSPS) is 10.2. The highest BCUT2D eigenvalue weighted by atomic mass is 35.5. The van der Waals surface area contributed by atoms with Crippen LogP contribution in [0.25, 0.3) is 0 Å². The Bertz CT molecular complexity index is 649. The van der Waals surface area contributed by atoms with Gasteiger partial charge >= 0.3 is 0 Å². The molecule has 2 aromatic carbocycles. The van der Waals surface area contributed by atoms with E-state index in [-0.39, 0.29) is 17.1 Å². The van der Waals surface area contributed by atoms with Crippen LogP contribution in [0.4, 0.5) is 4.39 Å². The summed E-state index contributed by atoms with van der Waals surface area (Å²) in [6, 6.07) is 9.33. The summed E-state index contributed by atoms with van der Waals surface area (Å²) in [5, 5.41) is 2.70. The lowest BCUT2D eigenvalue weighted by atomic mass is 10.1. The molecular weight excluding hydrogens is 309 g/mol. The summed E-state index contributed by atoms with van der Waals surface area (Å²) in [4.78, 5) is 12.1. The van der Waals surface area contributed by atoms with Crippen LogP contribution in [0.15, 0.2) is 36.4 Å². The Morgan fingerprint density at radius 3 is 2.36 bits per heavy atom. The first-order valence-electron chi connectivity index (χ1n) is 6.49. The van der Waals surface area contributed by atoms with Gasteiger partial charge in [-0.3, -0.25) is 4.79 Å². The zero-order chi connectivity index (χ0) is 16.1. The molecule has 0 aliphatic heterocycles. The van der Waals surface area contributed by atoms with Crippen LogP contribution in [0, 0.1) is 5.82 Å². The average Bonchev–Trinajstić information content (AvgIpc) is 2.52. The molecule has 116 valence electrons. The number of carbonyl (C=O) groups is 1. The number of halogens is 2. The van der Waals surface area contributed by atoms with Gasteiger partial charge in [-0.1, -0.05) is 17.7 Å². The van der Waals surface area contributed by atoms with Gasteiger partial charge in [0, 0.05) is 12.6 Å². The molecule has 1 N–H and O–H groups in total. The van der Waals surface area contributed by atoms with E-state index in [4.69, 9.17) is 21.1 Å². The Morgan fingerprint density at radius 2 is 1.82 bits per heavy atom. The molecule has 0 aliphatic carbocycles. The van der Waals surface area contributed by atoms with E-state index in [1.54, 1.807) is 18.2 Å². The number of nitrogens with one attached hydrogen (secondary N) is 1. The Kier molecular flexibility index (Phi) is 5.22. The molecular formula is C16H15ClFNO3. The molecule has 0 aliphatic rings. The van der Waals surface area contributed by atoms with E-state index in [1.165, 1.54) is 32.4 Å². The molecule has 0 bridgehead atoms. The van der Waals surface area contributed by atoms with E-state index < -0.39 is 11.7 Å². The number of carbonyl (C=O) groups excluding carboxylic acids is 1. The fourth-order valence-corrected chi connectivity index (χ4v) is 2.20. The van der Waals surface area contributed by atoms with Gasteiger partial charge in [0.25, 0.3) is 5.91 Å². The van der Waals surface area contributed by atoms with Crippen LogP contribution in [-0.4, -0.2) is 20.1 Å². The molecule has 0 aromatic heterocycles. The zero-order valence-corrected chi connectivity index (χ0v) is 12.9. The van der Waals surface area contributed by atoms with Crippen molar-refractivity contribution in [2.24, 2.45) is 0 Å². The second-order valence-electron chi connectivity index (χ2n) is 4.50. The summed E-state index contributed by atoms with van der Waals surface area (Å²) < 4.78 is 24.0. The second kappa shape index (κ2) is 7.13. The van der Waals surface area contributed by atoms with Gasteiger partial charge in [-0.15, -0.1) is 0 Å². The van der Waals surface area contributed by atoms with Crippen molar-refractivity contribution in [3.63, 3.8) is 0 Å². The lowest BCUT2D eigenvalue weighted by Gasteiger charge is -2.10. The van der Waals surface area contributed by atoms with Crippen molar-refractivity contribution in [3.8, 4) is 11.5 Å². The van der Waals surface area contributed by atoms with Crippen molar-refractivity contribution in [2.75, 3.05) is 14.2 Å². The van der Waals surface area contributed by atoms with Crippen LogP contribution < -0.4 is 14.8 Å². The van der Waals surface area contributed by atoms with Gasteiger partial charge < -0.3 is 14.8 Å². The van der Waals surface area contributed by atoms with Crippen LogP contribution in [0.2, 0.25) is 5.02 Å². The zero-order valence-electron chi connectivity index (χ0n) is 12.2. The predicted octanol–water partition coefficient (Wildman–Crippen LogP) is 3.43. The highest BCUT2D eigenvalue weighted by Crippen LogP contribution is 2.23.